The van der Waals surface area contributed by atoms with Crippen LogP contribution in [0, 0.1) is 12.7 Å². The number of aryl methyl sites for hydroxylation is 1. The monoisotopic (exact) mass is 408 g/mol. The van der Waals surface area contributed by atoms with Crippen molar-refractivity contribution in [1.29, 1.82) is 0 Å². The number of rotatable bonds is 6. The average Bonchev–Trinajstić information content (AvgIpc) is 2.72. The minimum absolute atomic E-state index is 0.120. The number of hydrogen-bond acceptors (Lipinski definition) is 3. The molecule has 0 aliphatic heterocycles. The van der Waals surface area contributed by atoms with Crippen LogP contribution in [-0.4, -0.2) is 14.1 Å². The Bertz CT molecular complexity index is 1140. The van der Waals surface area contributed by atoms with E-state index in [1.807, 2.05) is 44.2 Å². The van der Waals surface area contributed by atoms with E-state index in [1.165, 1.54) is 24.3 Å². The number of nitrogens with zero attached hydrogens (tertiary/aromatic N) is 1. The maximum Gasteiger partial charge on any atom is 0.276 e. The second-order valence-electron chi connectivity index (χ2n) is 6.61. The van der Waals surface area contributed by atoms with Crippen molar-refractivity contribution in [2.45, 2.75) is 18.7 Å². The van der Waals surface area contributed by atoms with Gasteiger partial charge in [-0.2, -0.15) is 18.4 Å². The largest absolute Gasteiger partial charge is 0.276 e. The smallest absolute Gasteiger partial charge is 0.207 e. The van der Waals surface area contributed by atoms with Crippen LogP contribution >= 0.6 is 0 Å². The Labute approximate surface area is 170 Å². The summed E-state index contributed by atoms with van der Waals surface area (Å²) in [6, 6.07) is 21.9. The summed E-state index contributed by atoms with van der Waals surface area (Å²) in [6.45, 7) is 3.79. The summed E-state index contributed by atoms with van der Waals surface area (Å²) >= 11 is 0. The minimum Gasteiger partial charge on any atom is -0.207 e. The molecule has 4 nitrogen and oxygen atoms in total. The number of hydrazone groups is 1. The maximum absolute atomic E-state index is 13.3. The van der Waals surface area contributed by atoms with Crippen LogP contribution in [0.2, 0.25) is 0 Å². The highest BCUT2D eigenvalue weighted by Gasteiger charge is 2.13. The molecule has 0 radical (unpaired) electrons. The predicted octanol–water partition coefficient (Wildman–Crippen LogP) is 4.92. The van der Waals surface area contributed by atoms with Crippen molar-refractivity contribution in [1.82, 2.24) is 4.83 Å². The SMILES string of the molecule is C/C(=C\C(=N/NS(=O)(=O)c1ccc(C)cc1)c1ccc(F)cc1)c1ccccc1. The van der Waals surface area contributed by atoms with E-state index in [4.69, 9.17) is 0 Å². The van der Waals surface area contributed by atoms with E-state index in [1.54, 1.807) is 30.3 Å². The molecule has 0 aliphatic rings. The first-order chi connectivity index (χ1) is 13.8. The Balaban J connectivity index is 1.98. The standard InChI is InChI=1S/C23H21FN2O2S/c1-17-8-14-22(15-9-17)29(27,28)26-25-23(20-10-12-21(24)13-11-20)16-18(2)19-6-4-3-5-7-19/h3-16,26H,1-2H3/b18-16+,25-23+. The number of allylic oxidation sites excluding steroid dienone is 2. The Kier molecular flexibility index (Phi) is 6.24. The van der Waals surface area contributed by atoms with E-state index in [9.17, 15) is 12.8 Å². The lowest BCUT2D eigenvalue weighted by molar-refractivity contribution is 0.584. The number of nitrogens with one attached hydrogen (secondary N) is 1. The molecule has 0 aromatic heterocycles. The quantitative estimate of drug-likeness (QED) is 0.465. The summed E-state index contributed by atoms with van der Waals surface area (Å²) in [5.74, 6) is -0.378. The number of benzene rings is 3. The van der Waals surface area contributed by atoms with Crippen LogP contribution in [0.15, 0.2) is 94.9 Å². The molecule has 6 heteroatoms. The van der Waals surface area contributed by atoms with Crippen molar-refractivity contribution >= 4 is 21.3 Å². The topological polar surface area (TPSA) is 58.5 Å². The van der Waals surface area contributed by atoms with Gasteiger partial charge in [-0.3, -0.25) is 0 Å². The molecule has 3 aromatic rings. The third-order valence-corrected chi connectivity index (χ3v) is 5.56. The summed E-state index contributed by atoms with van der Waals surface area (Å²) < 4.78 is 38.5. The van der Waals surface area contributed by atoms with Crippen LogP contribution in [-0.2, 0) is 10.0 Å². The van der Waals surface area contributed by atoms with Gasteiger partial charge in [0.25, 0.3) is 10.0 Å². The van der Waals surface area contributed by atoms with Gasteiger partial charge >= 0.3 is 0 Å². The molecule has 3 rings (SSSR count). The van der Waals surface area contributed by atoms with Crippen LogP contribution in [0.25, 0.3) is 5.57 Å². The fourth-order valence-corrected chi connectivity index (χ4v) is 3.49. The highest BCUT2D eigenvalue weighted by molar-refractivity contribution is 7.89. The van der Waals surface area contributed by atoms with E-state index in [0.29, 0.717) is 11.3 Å². The second kappa shape index (κ2) is 8.84. The maximum atomic E-state index is 13.3. The van der Waals surface area contributed by atoms with Crippen LogP contribution < -0.4 is 4.83 Å². The van der Waals surface area contributed by atoms with Gasteiger partial charge in [-0.1, -0.05) is 48.0 Å². The Morgan fingerprint density at radius 1 is 0.897 bits per heavy atom. The first kappa shape index (κ1) is 20.5. The zero-order valence-corrected chi connectivity index (χ0v) is 16.9. The number of halogens is 1. The zero-order valence-electron chi connectivity index (χ0n) is 16.1. The van der Waals surface area contributed by atoms with Crippen LogP contribution in [0.5, 0.6) is 0 Å². The predicted molar refractivity (Wildman–Crippen MR) is 115 cm³/mol. The molecule has 0 saturated heterocycles. The Morgan fingerprint density at radius 3 is 2.14 bits per heavy atom. The minimum atomic E-state index is -3.83. The highest BCUT2D eigenvalue weighted by atomic mass is 32.2. The van der Waals surface area contributed by atoms with Crippen molar-refractivity contribution < 1.29 is 12.8 Å². The molecule has 0 saturated carbocycles. The van der Waals surface area contributed by atoms with E-state index < -0.39 is 10.0 Å². The second-order valence-corrected chi connectivity index (χ2v) is 8.27. The molecule has 0 unspecified atom stereocenters. The molecule has 0 heterocycles. The van der Waals surface area contributed by atoms with Gasteiger partial charge in [0.1, 0.15) is 5.82 Å². The molecule has 0 amide bonds. The third-order valence-electron chi connectivity index (χ3n) is 4.34. The van der Waals surface area contributed by atoms with E-state index in [-0.39, 0.29) is 10.7 Å². The molecule has 148 valence electrons. The summed E-state index contributed by atoms with van der Waals surface area (Å²) in [7, 11) is -3.83. The molecule has 0 fully saturated rings. The average molecular weight is 408 g/mol. The molecule has 3 aromatic carbocycles. The number of sulfonamides is 1. The first-order valence-corrected chi connectivity index (χ1v) is 10.5. The number of hydrogen-bond donors (Lipinski definition) is 1. The Hall–Kier alpha value is -3.25. The van der Waals surface area contributed by atoms with Crippen molar-refractivity contribution in [2.24, 2.45) is 5.10 Å². The van der Waals surface area contributed by atoms with Crippen molar-refractivity contribution in [2.75, 3.05) is 0 Å². The molecule has 0 aliphatic carbocycles. The fourth-order valence-electron chi connectivity index (χ4n) is 2.67. The molecule has 0 spiro atoms. The third kappa shape index (κ3) is 5.39. The lowest BCUT2D eigenvalue weighted by Crippen LogP contribution is -2.20. The van der Waals surface area contributed by atoms with Gasteiger partial charge in [0.15, 0.2) is 0 Å². The molecule has 29 heavy (non-hydrogen) atoms. The summed E-state index contributed by atoms with van der Waals surface area (Å²) in [4.78, 5) is 2.41. The van der Waals surface area contributed by atoms with Gasteiger partial charge in [-0.25, -0.2) is 4.39 Å². The summed E-state index contributed by atoms with van der Waals surface area (Å²) in [6.07, 6.45) is 1.76. The van der Waals surface area contributed by atoms with Crippen LogP contribution in [0.3, 0.4) is 0 Å². The highest BCUT2D eigenvalue weighted by Crippen LogP contribution is 2.16. The fraction of sp³-hybridized carbons (Fsp3) is 0.0870. The first-order valence-electron chi connectivity index (χ1n) is 9.01. The van der Waals surface area contributed by atoms with Gasteiger partial charge in [-0.15, -0.1) is 0 Å². The molecular weight excluding hydrogens is 387 g/mol. The van der Waals surface area contributed by atoms with Crippen LogP contribution in [0.1, 0.15) is 23.6 Å². The molecule has 0 atom stereocenters. The lowest BCUT2D eigenvalue weighted by atomic mass is 10.0. The van der Waals surface area contributed by atoms with Gasteiger partial charge in [0.2, 0.25) is 0 Å². The summed E-state index contributed by atoms with van der Waals surface area (Å²) in [5.41, 5.74) is 3.79. The normalized spacial score (nSPS) is 12.7. The van der Waals surface area contributed by atoms with E-state index in [2.05, 4.69) is 9.93 Å². The van der Waals surface area contributed by atoms with Gasteiger partial charge in [0.05, 0.1) is 10.6 Å². The van der Waals surface area contributed by atoms with Crippen molar-refractivity contribution in [3.63, 3.8) is 0 Å². The van der Waals surface area contributed by atoms with Gasteiger partial charge in [0, 0.05) is 5.56 Å². The molecular formula is C23H21FN2O2S. The summed E-state index contributed by atoms with van der Waals surface area (Å²) in [5, 5.41) is 4.14. The van der Waals surface area contributed by atoms with Crippen LogP contribution in [0.4, 0.5) is 4.39 Å². The molecule has 1 N–H and O–H groups in total. The Morgan fingerprint density at radius 2 is 1.52 bits per heavy atom. The van der Waals surface area contributed by atoms with Gasteiger partial charge in [-0.05, 0) is 67.5 Å². The molecule has 0 bridgehead atoms. The zero-order chi connectivity index (χ0) is 20.9. The lowest BCUT2D eigenvalue weighted by Gasteiger charge is -2.08. The van der Waals surface area contributed by atoms with Crippen molar-refractivity contribution in [3.8, 4) is 0 Å². The van der Waals surface area contributed by atoms with E-state index >= 15 is 0 Å². The van der Waals surface area contributed by atoms with E-state index in [0.717, 1.165) is 16.7 Å². The van der Waals surface area contributed by atoms with Gasteiger partial charge < -0.3 is 0 Å². The van der Waals surface area contributed by atoms with Crippen molar-refractivity contribution in [3.05, 3.63) is 107 Å².